The summed E-state index contributed by atoms with van der Waals surface area (Å²) < 4.78 is 4.44. The number of hydrogen-bond donors (Lipinski definition) is 1. The Hall–Kier alpha value is -1.43. The lowest BCUT2D eigenvalue weighted by Crippen LogP contribution is -2.26. The van der Waals surface area contributed by atoms with Gasteiger partial charge in [-0.25, -0.2) is 4.98 Å². The molecule has 1 rings (SSSR count). The Labute approximate surface area is 97.8 Å². The van der Waals surface area contributed by atoms with Crippen LogP contribution in [-0.4, -0.2) is 30.5 Å². The van der Waals surface area contributed by atoms with E-state index in [1.165, 1.54) is 7.11 Å². The third-order valence-electron chi connectivity index (χ3n) is 1.93. The number of aromatic nitrogens is 1. The maximum atomic E-state index is 11.3. The van der Waals surface area contributed by atoms with Crippen molar-refractivity contribution in [2.24, 2.45) is 0 Å². The van der Waals surface area contributed by atoms with E-state index in [-0.39, 0.29) is 24.7 Å². The number of esters is 1. The SMILES string of the molecule is COC(=O)CCC(=O)NCCc1nccs1. The topological polar surface area (TPSA) is 68.3 Å². The first-order valence-corrected chi connectivity index (χ1v) is 5.82. The van der Waals surface area contributed by atoms with E-state index in [0.29, 0.717) is 6.54 Å². The largest absolute Gasteiger partial charge is 0.469 e. The van der Waals surface area contributed by atoms with Crippen LogP contribution in [-0.2, 0) is 20.7 Å². The summed E-state index contributed by atoms with van der Waals surface area (Å²) in [7, 11) is 1.31. The number of nitrogens with zero attached hydrogens (tertiary/aromatic N) is 1. The summed E-state index contributed by atoms with van der Waals surface area (Å²) in [6.07, 6.45) is 2.75. The number of hydrogen-bond acceptors (Lipinski definition) is 5. The number of carbonyl (C=O) groups excluding carboxylic acids is 2. The van der Waals surface area contributed by atoms with Crippen molar-refractivity contribution in [1.29, 1.82) is 0 Å². The van der Waals surface area contributed by atoms with Crippen molar-refractivity contribution in [3.05, 3.63) is 16.6 Å². The number of rotatable bonds is 6. The second-order valence-corrected chi connectivity index (χ2v) is 4.08. The molecule has 0 radical (unpaired) electrons. The first kappa shape index (κ1) is 12.6. The van der Waals surface area contributed by atoms with Gasteiger partial charge < -0.3 is 10.1 Å². The van der Waals surface area contributed by atoms with Crippen molar-refractivity contribution >= 4 is 23.2 Å². The van der Waals surface area contributed by atoms with Crippen LogP contribution in [0.2, 0.25) is 0 Å². The third kappa shape index (κ3) is 4.88. The number of ether oxygens (including phenoxy) is 1. The Bertz CT molecular complexity index is 338. The van der Waals surface area contributed by atoms with Gasteiger partial charge in [0.15, 0.2) is 0 Å². The second-order valence-electron chi connectivity index (χ2n) is 3.10. The Balaban J connectivity index is 2.09. The van der Waals surface area contributed by atoms with E-state index in [1.54, 1.807) is 17.5 Å². The zero-order chi connectivity index (χ0) is 11.8. The molecule has 0 spiro atoms. The summed E-state index contributed by atoms with van der Waals surface area (Å²) in [5, 5.41) is 5.61. The molecule has 1 N–H and O–H groups in total. The van der Waals surface area contributed by atoms with Crippen LogP contribution < -0.4 is 5.32 Å². The fourth-order valence-electron chi connectivity index (χ4n) is 1.09. The first-order chi connectivity index (χ1) is 7.72. The molecule has 1 amide bonds. The lowest BCUT2D eigenvalue weighted by atomic mass is 10.3. The van der Waals surface area contributed by atoms with Crippen molar-refractivity contribution in [3.63, 3.8) is 0 Å². The van der Waals surface area contributed by atoms with Gasteiger partial charge in [0.05, 0.1) is 18.5 Å². The summed E-state index contributed by atoms with van der Waals surface area (Å²) in [5.74, 6) is -0.503. The van der Waals surface area contributed by atoms with Crippen molar-refractivity contribution in [2.45, 2.75) is 19.3 Å². The monoisotopic (exact) mass is 242 g/mol. The lowest BCUT2D eigenvalue weighted by Gasteiger charge is -2.02. The van der Waals surface area contributed by atoms with E-state index < -0.39 is 0 Å². The predicted molar refractivity (Wildman–Crippen MR) is 60.1 cm³/mol. The normalized spacial score (nSPS) is 9.81. The van der Waals surface area contributed by atoms with Gasteiger partial charge in [0.25, 0.3) is 0 Å². The highest BCUT2D eigenvalue weighted by Crippen LogP contribution is 2.03. The zero-order valence-corrected chi connectivity index (χ0v) is 9.88. The van der Waals surface area contributed by atoms with Crippen LogP contribution in [0.1, 0.15) is 17.8 Å². The standard InChI is InChI=1S/C10H14N2O3S/c1-15-10(14)3-2-8(13)11-5-4-9-12-6-7-16-9/h6-7H,2-5H2,1H3,(H,11,13). The molecule has 0 bridgehead atoms. The molecule has 16 heavy (non-hydrogen) atoms. The zero-order valence-electron chi connectivity index (χ0n) is 9.06. The molecule has 6 heteroatoms. The van der Waals surface area contributed by atoms with Gasteiger partial charge in [0.2, 0.25) is 5.91 Å². The summed E-state index contributed by atoms with van der Waals surface area (Å²) in [5.41, 5.74) is 0. The van der Waals surface area contributed by atoms with Gasteiger partial charge in [-0.15, -0.1) is 11.3 Å². The molecule has 5 nitrogen and oxygen atoms in total. The molecule has 1 aromatic rings. The molecule has 88 valence electrons. The Morgan fingerprint density at radius 1 is 1.50 bits per heavy atom. The molecule has 0 aliphatic heterocycles. The van der Waals surface area contributed by atoms with Crippen LogP contribution in [0.15, 0.2) is 11.6 Å². The van der Waals surface area contributed by atoms with Gasteiger partial charge >= 0.3 is 5.97 Å². The minimum absolute atomic E-state index is 0.125. The van der Waals surface area contributed by atoms with E-state index in [4.69, 9.17) is 0 Å². The Morgan fingerprint density at radius 3 is 2.94 bits per heavy atom. The molecule has 0 fully saturated rings. The molecule has 1 aromatic heterocycles. The average molecular weight is 242 g/mol. The van der Waals surface area contributed by atoms with Crippen molar-refractivity contribution in [3.8, 4) is 0 Å². The van der Waals surface area contributed by atoms with Crippen molar-refractivity contribution in [1.82, 2.24) is 10.3 Å². The number of nitrogens with one attached hydrogen (secondary N) is 1. The first-order valence-electron chi connectivity index (χ1n) is 4.94. The molecule has 0 unspecified atom stereocenters. The van der Waals surface area contributed by atoms with E-state index in [0.717, 1.165) is 11.4 Å². The lowest BCUT2D eigenvalue weighted by molar-refractivity contribution is -0.142. The Kier molecular flexibility index (Phi) is 5.49. The van der Waals surface area contributed by atoms with Crippen LogP contribution in [0.3, 0.4) is 0 Å². The second kappa shape index (κ2) is 6.95. The minimum atomic E-state index is -0.366. The van der Waals surface area contributed by atoms with Crippen molar-refractivity contribution in [2.75, 3.05) is 13.7 Å². The van der Waals surface area contributed by atoms with Gasteiger partial charge in [0.1, 0.15) is 0 Å². The number of methoxy groups -OCH3 is 1. The molecular weight excluding hydrogens is 228 g/mol. The summed E-state index contributed by atoms with van der Waals surface area (Å²) in [6.45, 7) is 0.549. The molecule has 0 saturated heterocycles. The van der Waals surface area contributed by atoms with Crippen LogP contribution in [0.4, 0.5) is 0 Å². The maximum Gasteiger partial charge on any atom is 0.306 e. The van der Waals surface area contributed by atoms with E-state index in [2.05, 4.69) is 15.0 Å². The fraction of sp³-hybridized carbons (Fsp3) is 0.500. The van der Waals surface area contributed by atoms with E-state index in [1.807, 2.05) is 5.38 Å². The van der Waals surface area contributed by atoms with Gasteiger partial charge in [-0.05, 0) is 0 Å². The molecule has 0 aromatic carbocycles. The fourth-order valence-corrected chi connectivity index (χ4v) is 1.71. The van der Waals surface area contributed by atoms with E-state index >= 15 is 0 Å². The number of amides is 1. The highest BCUT2D eigenvalue weighted by molar-refractivity contribution is 7.09. The van der Waals surface area contributed by atoms with Gasteiger partial charge in [-0.3, -0.25) is 9.59 Å². The van der Waals surface area contributed by atoms with E-state index in [9.17, 15) is 9.59 Å². The highest BCUT2D eigenvalue weighted by atomic mass is 32.1. The van der Waals surface area contributed by atoms with Crippen molar-refractivity contribution < 1.29 is 14.3 Å². The van der Waals surface area contributed by atoms with Crippen LogP contribution in [0.25, 0.3) is 0 Å². The number of carbonyl (C=O) groups is 2. The van der Waals surface area contributed by atoms with Crippen LogP contribution >= 0.6 is 11.3 Å². The molecule has 0 aliphatic rings. The summed E-state index contributed by atoms with van der Waals surface area (Å²) in [6, 6.07) is 0. The smallest absolute Gasteiger partial charge is 0.306 e. The quantitative estimate of drug-likeness (QED) is 0.748. The molecular formula is C10H14N2O3S. The van der Waals surface area contributed by atoms with Gasteiger partial charge in [-0.1, -0.05) is 0 Å². The van der Waals surface area contributed by atoms with Gasteiger partial charge in [0, 0.05) is 31.0 Å². The summed E-state index contributed by atoms with van der Waals surface area (Å²) >= 11 is 1.56. The molecule has 1 heterocycles. The minimum Gasteiger partial charge on any atom is -0.469 e. The maximum absolute atomic E-state index is 11.3. The number of thiazole rings is 1. The van der Waals surface area contributed by atoms with Gasteiger partial charge in [-0.2, -0.15) is 0 Å². The summed E-state index contributed by atoms with van der Waals surface area (Å²) in [4.78, 5) is 26.1. The average Bonchev–Trinajstić information content (AvgIpc) is 2.79. The molecule has 0 saturated carbocycles. The third-order valence-corrected chi connectivity index (χ3v) is 2.77. The molecule has 0 aliphatic carbocycles. The van der Waals surface area contributed by atoms with Crippen LogP contribution in [0.5, 0.6) is 0 Å². The Morgan fingerprint density at radius 2 is 2.31 bits per heavy atom. The van der Waals surface area contributed by atoms with Crippen LogP contribution in [0, 0.1) is 0 Å². The predicted octanol–water partition coefficient (Wildman–Crippen LogP) is 0.755. The molecule has 0 atom stereocenters. The highest BCUT2D eigenvalue weighted by Gasteiger charge is 2.06.